The molecule has 1 atom stereocenters. The SMILES string of the molecule is Cc1ccccc1S(=O)(=O)NC(=O)NCC(c1cc(F)cc(F)c1)c1ncccc1Br. The van der Waals surface area contributed by atoms with E-state index < -0.39 is 33.6 Å². The summed E-state index contributed by atoms with van der Waals surface area (Å²) >= 11 is 3.35. The number of aryl methyl sites for hydroxylation is 1. The van der Waals surface area contributed by atoms with Crippen LogP contribution in [0.25, 0.3) is 0 Å². The average molecular weight is 510 g/mol. The molecular weight excluding hydrogens is 492 g/mol. The quantitative estimate of drug-likeness (QED) is 0.519. The van der Waals surface area contributed by atoms with E-state index in [1.54, 1.807) is 37.3 Å². The molecule has 6 nitrogen and oxygen atoms in total. The van der Waals surface area contributed by atoms with Gasteiger partial charge in [0, 0.05) is 29.2 Å². The Hall–Kier alpha value is -2.85. The molecule has 2 amide bonds. The maximum atomic E-state index is 13.8. The fraction of sp³-hybridized carbons (Fsp3) is 0.143. The lowest BCUT2D eigenvalue weighted by Gasteiger charge is -2.19. The first-order valence-corrected chi connectivity index (χ1v) is 11.4. The number of carbonyl (C=O) groups is 1. The topological polar surface area (TPSA) is 88.2 Å². The lowest BCUT2D eigenvalue weighted by Crippen LogP contribution is -2.41. The van der Waals surface area contributed by atoms with E-state index >= 15 is 0 Å². The van der Waals surface area contributed by atoms with Gasteiger partial charge < -0.3 is 5.32 Å². The molecule has 1 unspecified atom stereocenters. The van der Waals surface area contributed by atoms with E-state index in [1.165, 1.54) is 12.3 Å². The fourth-order valence-electron chi connectivity index (χ4n) is 3.07. The Morgan fingerprint density at radius 3 is 2.42 bits per heavy atom. The van der Waals surface area contributed by atoms with Crippen LogP contribution in [0.4, 0.5) is 13.6 Å². The Morgan fingerprint density at radius 1 is 1.10 bits per heavy atom. The van der Waals surface area contributed by atoms with Crippen LogP contribution in [0, 0.1) is 18.6 Å². The second-order valence-corrected chi connectivity index (χ2v) is 9.21. The van der Waals surface area contributed by atoms with Crippen LogP contribution in [0.2, 0.25) is 0 Å². The van der Waals surface area contributed by atoms with Gasteiger partial charge in [-0.3, -0.25) is 4.98 Å². The van der Waals surface area contributed by atoms with Gasteiger partial charge in [0.2, 0.25) is 0 Å². The average Bonchev–Trinajstić information content (AvgIpc) is 2.68. The third kappa shape index (κ3) is 5.65. The summed E-state index contributed by atoms with van der Waals surface area (Å²) in [7, 11) is -4.10. The van der Waals surface area contributed by atoms with E-state index in [2.05, 4.69) is 26.2 Å². The van der Waals surface area contributed by atoms with E-state index in [4.69, 9.17) is 0 Å². The number of halogens is 3. The molecule has 0 spiro atoms. The van der Waals surface area contributed by atoms with Crippen molar-refractivity contribution in [2.45, 2.75) is 17.7 Å². The molecule has 2 aromatic carbocycles. The summed E-state index contributed by atoms with van der Waals surface area (Å²) in [6.07, 6.45) is 1.51. The van der Waals surface area contributed by atoms with E-state index in [9.17, 15) is 22.0 Å². The molecule has 0 saturated heterocycles. The van der Waals surface area contributed by atoms with Gasteiger partial charge in [-0.15, -0.1) is 0 Å². The molecule has 3 rings (SSSR count). The number of hydrogen-bond acceptors (Lipinski definition) is 4. The zero-order valence-corrected chi connectivity index (χ0v) is 18.7. The number of rotatable bonds is 6. The molecule has 0 radical (unpaired) electrons. The third-order valence-electron chi connectivity index (χ3n) is 4.48. The number of nitrogens with one attached hydrogen (secondary N) is 2. The van der Waals surface area contributed by atoms with Crippen LogP contribution in [0.5, 0.6) is 0 Å². The van der Waals surface area contributed by atoms with Crippen LogP contribution >= 0.6 is 15.9 Å². The van der Waals surface area contributed by atoms with Gasteiger partial charge in [-0.1, -0.05) is 18.2 Å². The van der Waals surface area contributed by atoms with E-state index in [0.29, 0.717) is 15.7 Å². The van der Waals surface area contributed by atoms with Crippen molar-refractivity contribution >= 4 is 32.0 Å². The van der Waals surface area contributed by atoms with Gasteiger partial charge in [-0.05, 0) is 64.3 Å². The highest BCUT2D eigenvalue weighted by molar-refractivity contribution is 9.10. The van der Waals surface area contributed by atoms with Crippen LogP contribution in [0.15, 0.2) is 70.2 Å². The predicted octanol–water partition coefficient (Wildman–Crippen LogP) is 4.25. The minimum atomic E-state index is -4.10. The first-order chi connectivity index (χ1) is 14.7. The first-order valence-electron chi connectivity index (χ1n) is 9.10. The van der Waals surface area contributed by atoms with Crippen molar-refractivity contribution in [1.82, 2.24) is 15.0 Å². The second-order valence-electron chi connectivity index (χ2n) is 6.71. The predicted molar refractivity (Wildman–Crippen MR) is 115 cm³/mol. The molecule has 1 aromatic heterocycles. The number of hydrogen-bond donors (Lipinski definition) is 2. The molecule has 0 bridgehead atoms. The normalized spacial score (nSPS) is 12.3. The monoisotopic (exact) mass is 509 g/mol. The Labute approximate surface area is 186 Å². The highest BCUT2D eigenvalue weighted by atomic mass is 79.9. The van der Waals surface area contributed by atoms with Gasteiger partial charge in [0.05, 0.1) is 10.6 Å². The van der Waals surface area contributed by atoms with E-state index in [1.807, 2.05) is 4.72 Å². The molecule has 3 aromatic rings. The van der Waals surface area contributed by atoms with Crippen LogP contribution in [0.1, 0.15) is 22.7 Å². The van der Waals surface area contributed by atoms with Crippen molar-refractivity contribution < 1.29 is 22.0 Å². The molecule has 0 aliphatic heterocycles. The summed E-state index contributed by atoms with van der Waals surface area (Å²) < 4.78 is 55.1. The molecule has 1 heterocycles. The molecule has 10 heteroatoms. The Bertz CT molecular complexity index is 1200. The van der Waals surface area contributed by atoms with Gasteiger partial charge in [0.15, 0.2) is 0 Å². The number of urea groups is 1. The van der Waals surface area contributed by atoms with Crippen molar-refractivity contribution in [1.29, 1.82) is 0 Å². The first kappa shape index (κ1) is 22.8. The maximum absolute atomic E-state index is 13.8. The van der Waals surface area contributed by atoms with Gasteiger partial charge in [-0.2, -0.15) is 0 Å². The van der Waals surface area contributed by atoms with E-state index in [-0.39, 0.29) is 17.0 Å². The molecule has 0 aliphatic rings. The Kier molecular flexibility index (Phi) is 7.01. The smallest absolute Gasteiger partial charge is 0.328 e. The van der Waals surface area contributed by atoms with Crippen molar-refractivity contribution in [3.8, 4) is 0 Å². The van der Waals surface area contributed by atoms with Crippen LogP contribution in [0.3, 0.4) is 0 Å². The van der Waals surface area contributed by atoms with E-state index in [0.717, 1.165) is 18.2 Å². The number of aromatic nitrogens is 1. The summed E-state index contributed by atoms with van der Waals surface area (Å²) in [5.74, 6) is -2.30. The number of nitrogens with zero attached hydrogens (tertiary/aromatic N) is 1. The number of amides is 2. The molecule has 31 heavy (non-hydrogen) atoms. The molecule has 0 aliphatic carbocycles. The van der Waals surface area contributed by atoms with Crippen LogP contribution in [-0.2, 0) is 10.0 Å². The van der Waals surface area contributed by atoms with Crippen molar-refractivity contribution in [2.75, 3.05) is 6.54 Å². The van der Waals surface area contributed by atoms with Crippen molar-refractivity contribution in [3.05, 3.63) is 93.7 Å². The number of sulfonamides is 1. The van der Waals surface area contributed by atoms with Crippen LogP contribution in [-0.4, -0.2) is 26.0 Å². The minimum Gasteiger partial charge on any atom is -0.336 e. The lowest BCUT2D eigenvalue weighted by atomic mass is 9.94. The van der Waals surface area contributed by atoms with Gasteiger partial charge in [0.25, 0.3) is 10.0 Å². The van der Waals surface area contributed by atoms with Crippen LogP contribution < -0.4 is 10.0 Å². The summed E-state index contributed by atoms with van der Waals surface area (Å²) in [4.78, 5) is 16.6. The lowest BCUT2D eigenvalue weighted by molar-refractivity contribution is 0.245. The largest absolute Gasteiger partial charge is 0.336 e. The standard InChI is InChI=1S/C21H18BrF2N3O3S/c1-13-5-2-3-7-19(13)31(29,30)27-21(28)26-12-17(20-18(22)6-4-8-25-20)14-9-15(23)11-16(24)10-14/h2-11,17H,12H2,1H3,(H2,26,27,28). The summed E-state index contributed by atoms with van der Waals surface area (Å²) in [5.41, 5.74) is 1.14. The number of carbonyl (C=O) groups excluding carboxylic acids is 1. The fourth-order valence-corrected chi connectivity index (χ4v) is 4.78. The van der Waals surface area contributed by atoms with Crippen molar-refractivity contribution in [3.63, 3.8) is 0 Å². The summed E-state index contributed by atoms with van der Waals surface area (Å²) in [6, 6.07) is 11.6. The summed E-state index contributed by atoms with van der Waals surface area (Å²) in [5, 5.41) is 2.46. The number of pyridine rings is 1. The number of benzene rings is 2. The molecule has 0 fully saturated rings. The molecule has 0 saturated carbocycles. The molecular formula is C21H18BrF2N3O3S. The highest BCUT2D eigenvalue weighted by Crippen LogP contribution is 2.29. The van der Waals surface area contributed by atoms with Gasteiger partial charge in [0.1, 0.15) is 11.6 Å². The highest BCUT2D eigenvalue weighted by Gasteiger charge is 2.23. The Morgan fingerprint density at radius 2 is 1.77 bits per heavy atom. The van der Waals surface area contributed by atoms with Gasteiger partial charge >= 0.3 is 6.03 Å². The minimum absolute atomic E-state index is 0.0265. The van der Waals surface area contributed by atoms with Crippen molar-refractivity contribution in [2.24, 2.45) is 0 Å². The molecule has 2 N–H and O–H groups in total. The van der Waals surface area contributed by atoms with Gasteiger partial charge in [-0.25, -0.2) is 26.7 Å². The Balaban J connectivity index is 1.83. The second kappa shape index (κ2) is 9.52. The summed E-state index contributed by atoms with van der Waals surface area (Å²) in [6.45, 7) is 1.45. The zero-order chi connectivity index (χ0) is 22.6. The maximum Gasteiger partial charge on any atom is 0.328 e. The molecule has 162 valence electrons. The third-order valence-corrected chi connectivity index (χ3v) is 6.64. The zero-order valence-electron chi connectivity index (χ0n) is 16.3.